The lowest BCUT2D eigenvalue weighted by Crippen LogP contribution is -2.60. The zero-order valence-electron chi connectivity index (χ0n) is 19.3. The van der Waals surface area contributed by atoms with E-state index in [0.29, 0.717) is 19.3 Å². The standard InChI is InChI=1S/C25H34O8/c1-23-9-7-15(26)11-14(23)3-4-16-17-8-10-25(32,24(17,2)12-18(27)22(16)23)13-21(31)33-20(30)6-5-19(28)29/h11,16-18,22,27,32H,3-10,12-13H2,1-2H3,(H,28,29)/t16-,17-,18-,22+,23-,24-,25-/m0/s1. The zero-order valence-corrected chi connectivity index (χ0v) is 19.3. The van der Waals surface area contributed by atoms with Crippen molar-refractivity contribution in [2.45, 2.75) is 89.8 Å². The van der Waals surface area contributed by atoms with E-state index in [1.165, 1.54) is 0 Å². The number of aliphatic carboxylic acids is 1. The molecule has 0 heterocycles. The monoisotopic (exact) mass is 462 g/mol. The van der Waals surface area contributed by atoms with Gasteiger partial charge in [0.05, 0.1) is 31.0 Å². The Labute approximate surface area is 193 Å². The number of carbonyl (C=O) groups excluding carboxylic acids is 3. The first kappa shape index (κ1) is 24.1. The molecule has 3 N–H and O–H groups in total. The van der Waals surface area contributed by atoms with Gasteiger partial charge in [-0.3, -0.25) is 19.2 Å². The first-order valence-electron chi connectivity index (χ1n) is 12.0. The number of ether oxygens (including phenoxy) is 1. The highest BCUT2D eigenvalue weighted by Gasteiger charge is 2.66. The van der Waals surface area contributed by atoms with Gasteiger partial charge in [0.25, 0.3) is 0 Å². The van der Waals surface area contributed by atoms with Crippen molar-refractivity contribution in [1.29, 1.82) is 0 Å². The first-order chi connectivity index (χ1) is 15.4. The number of rotatable bonds is 5. The lowest BCUT2D eigenvalue weighted by molar-refractivity contribution is -0.184. The summed E-state index contributed by atoms with van der Waals surface area (Å²) in [5.41, 5.74) is -1.21. The van der Waals surface area contributed by atoms with Crippen LogP contribution in [0.15, 0.2) is 11.6 Å². The molecule has 0 spiro atoms. The molecule has 8 heteroatoms. The van der Waals surface area contributed by atoms with Gasteiger partial charge >= 0.3 is 17.9 Å². The van der Waals surface area contributed by atoms with E-state index in [1.807, 2.05) is 6.92 Å². The number of allylic oxidation sites excluding steroid dienone is 1. The number of fused-ring (bicyclic) bond motifs is 5. The van der Waals surface area contributed by atoms with Crippen LogP contribution in [-0.4, -0.2) is 50.7 Å². The fourth-order valence-corrected chi connectivity index (χ4v) is 7.73. The van der Waals surface area contributed by atoms with Crippen LogP contribution >= 0.6 is 0 Å². The Kier molecular flexibility index (Phi) is 6.06. The van der Waals surface area contributed by atoms with Crippen molar-refractivity contribution in [3.8, 4) is 0 Å². The van der Waals surface area contributed by atoms with E-state index in [2.05, 4.69) is 6.92 Å². The molecule has 0 aromatic carbocycles. The molecule has 182 valence electrons. The minimum Gasteiger partial charge on any atom is -0.481 e. The Morgan fingerprint density at radius 1 is 1.09 bits per heavy atom. The van der Waals surface area contributed by atoms with Crippen LogP contribution < -0.4 is 0 Å². The van der Waals surface area contributed by atoms with Gasteiger partial charge in [0.15, 0.2) is 5.78 Å². The Morgan fingerprint density at radius 2 is 1.82 bits per heavy atom. The molecular weight excluding hydrogens is 428 g/mol. The summed E-state index contributed by atoms with van der Waals surface area (Å²) in [6.45, 7) is 4.09. The Bertz CT molecular complexity index is 908. The van der Waals surface area contributed by atoms with Gasteiger partial charge in [0.1, 0.15) is 0 Å². The Hall–Kier alpha value is -2.06. The number of carboxylic acids is 1. The minimum absolute atomic E-state index is 0.00979. The highest BCUT2D eigenvalue weighted by Crippen LogP contribution is 2.68. The highest BCUT2D eigenvalue weighted by molar-refractivity contribution is 5.91. The van der Waals surface area contributed by atoms with Crippen LogP contribution in [0.25, 0.3) is 0 Å². The molecule has 33 heavy (non-hydrogen) atoms. The van der Waals surface area contributed by atoms with Crippen LogP contribution in [0.3, 0.4) is 0 Å². The van der Waals surface area contributed by atoms with E-state index in [1.54, 1.807) is 6.08 Å². The summed E-state index contributed by atoms with van der Waals surface area (Å²) < 4.78 is 4.78. The van der Waals surface area contributed by atoms with E-state index < -0.39 is 47.9 Å². The largest absolute Gasteiger partial charge is 0.481 e. The third kappa shape index (κ3) is 3.95. The van der Waals surface area contributed by atoms with Crippen molar-refractivity contribution in [1.82, 2.24) is 0 Å². The number of carboxylic acid groups (broad SMARTS) is 1. The van der Waals surface area contributed by atoms with E-state index in [-0.39, 0.29) is 35.4 Å². The Balaban J connectivity index is 1.52. The lowest BCUT2D eigenvalue weighted by atomic mass is 9.45. The summed E-state index contributed by atoms with van der Waals surface area (Å²) in [6.07, 6.45) is 4.22. The normalized spacial score (nSPS) is 41.9. The molecule has 7 atom stereocenters. The van der Waals surface area contributed by atoms with E-state index in [9.17, 15) is 29.4 Å². The minimum atomic E-state index is -1.41. The van der Waals surface area contributed by atoms with Crippen LogP contribution in [0.4, 0.5) is 0 Å². The van der Waals surface area contributed by atoms with Crippen LogP contribution in [0.1, 0.15) is 78.1 Å². The molecule has 0 aromatic heterocycles. The van der Waals surface area contributed by atoms with Crippen LogP contribution in [-0.2, 0) is 23.9 Å². The van der Waals surface area contributed by atoms with Crippen molar-refractivity contribution < 1.29 is 39.2 Å². The molecule has 4 rings (SSSR count). The smallest absolute Gasteiger partial charge is 0.316 e. The first-order valence-corrected chi connectivity index (χ1v) is 12.0. The third-order valence-corrected chi connectivity index (χ3v) is 9.43. The zero-order chi connectivity index (χ0) is 24.2. The second-order valence-electron chi connectivity index (χ2n) is 11.1. The molecule has 3 fully saturated rings. The second-order valence-corrected chi connectivity index (χ2v) is 11.1. The summed E-state index contributed by atoms with van der Waals surface area (Å²) in [5, 5.41) is 31.7. The summed E-state index contributed by atoms with van der Waals surface area (Å²) in [5.74, 6) is -2.48. The van der Waals surface area contributed by atoms with Crippen molar-refractivity contribution in [2.24, 2.45) is 28.6 Å². The number of aliphatic hydroxyl groups is 2. The molecule has 0 aliphatic heterocycles. The van der Waals surface area contributed by atoms with Gasteiger partial charge < -0.3 is 20.1 Å². The van der Waals surface area contributed by atoms with Gasteiger partial charge in [-0.2, -0.15) is 0 Å². The maximum absolute atomic E-state index is 12.5. The van der Waals surface area contributed by atoms with Gasteiger partial charge in [-0.15, -0.1) is 0 Å². The molecule has 0 saturated heterocycles. The topological polar surface area (TPSA) is 138 Å². The molecule has 3 saturated carbocycles. The number of esters is 2. The summed E-state index contributed by atoms with van der Waals surface area (Å²) in [7, 11) is 0. The van der Waals surface area contributed by atoms with Crippen molar-refractivity contribution in [3.05, 3.63) is 11.6 Å². The predicted octanol–water partition coefficient (Wildman–Crippen LogP) is 2.54. The molecular formula is C25H34O8. The van der Waals surface area contributed by atoms with Crippen LogP contribution in [0.5, 0.6) is 0 Å². The maximum atomic E-state index is 12.5. The van der Waals surface area contributed by atoms with Crippen LogP contribution in [0.2, 0.25) is 0 Å². The fourth-order valence-electron chi connectivity index (χ4n) is 7.73. The molecule has 0 radical (unpaired) electrons. The van der Waals surface area contributed by atoms with Gasteiger partial charge in [0, 0.05) is 11.8 Å². The fraction of sp³-hybridized carbons (Fsp3) is 0.760. The van der Waals surface area contributed by atoms with Gasteiger partial charge in [0.2, 0.25) is 0 Å². The summed E-state index contributed by atoms with van der Waals surface area (Å²) in [6, 6.07) is 0. The van der Waals surface area contributed by atoms with Crippen molar-refractivity contribution in [3.63, 3.8) is 0 Å². The lowest BCUT2D eigenvalue weighted by Gasteiger charge is -2.60. The average molecular weight is 463 g/mol. The van der Waals surface area contributed by atoms with Gasteiger partial charge in [-0.1, -0.05) is 19.4 Å². The summed E-state index contributed by atoms with van der Waals surface area (Å²) in [4.78, 5) is 46.9. The molecule has 8 nitrogen and oxygen atoms in total. The van der Waals surface area contributed by atoms with E-state index in [4.69, 9.17) is 9.84 Å². The molecule has 0 amide bonds. The van der Waals surface area contributed by atoms with Crippen molar-refractivity contribution in [2.75, 3.05) is 0 Å². The maximum Gasteiger partial charge on any atom is 0.316 e. The molecule has 0 bridgehead atoms. The average Bonchev–Trinajstić information content (AvgIpc) is 2.96. The third-order valence-electron chi connectivity index (χ3n) is 9.43. The number of ketones is 1. The quantitative estimate of drug-likeness (QED) is 0.419. The Morgan fingerprint density at radius 3 is 2.52 bits per heavy atom. The number of carbonyl (C=O) groups is 4. The second kappa shape index (κ2) is 8.31. The summed E-state index contributed by atoms with van der Waals surface area (Å²) >= 11 is 0. The van der Waals surface area contributed by atoms with E-state index >= 15 is 0 Å². The highest BCUT2D eigenvalue weighted by atomic mass is 16.6. The number of aliphatic hydroxyl groups excluding tert-OH is 1. The molecule has 0 unspecified atom stereocenters. The predicted molar refractivity (Wildman–Crippen MR) is 116 cm³/mol. The van der Waals surface area contributed by atoms with Gasteiger partial charge in [-0.05, 0) is 67.8 Å². The van der Waals surface area contributed by atoms with Crippen LogP contribution in [0, 0.1) is 28.6 Å². The number of hydrogen-bond donors (Lipinski definition) is 3. The number of hydrogen-bond acceptors (Lipinski definition) is 7. The molecule has 4 aliphatic carbocycles. The van der Waals surface area contributed by atoms with Crippen molar-refractivity contribution >= 4 is 23.7 Å². The van der Waals surface area contributed by atoms with Gasteiger partial charge in [-0.25, -0.2) is 0 Å². The molecule has 4 aliphatic rings. The SMILES string of the molecule is C[C@]12CCC(=O)C=C1CC[C@@H]1[C@@H]2[C@@H](O)C[C@@]2(C)[C@H]1CC[C@]2(O)CC(=O)OC(=O)CCC(=O)O. The molecule has 0 aromatic rings. The van der Waals surface area contributed by atoms with E-state index in [0.717, 1.165) is 31.3 Å².